The lowest BCUT2D eigenvalue weighted by Crippen LogP contribution is -2.27. The highest BCUT2D eigenvalue weighted by atomic mass is 31.2. The summed E-state index contributed by atoms with van der Waals surface area (Å²) in [6.45, 7) is 3.48. The monoisotopic (exact) mass is 782 g/mol. The van der Waals surface area contributed by atoms with Gasteiger partial charge in [0.1, 0.15) is 12.7 Å². The molecule has 0 saturated heterocycles. The van der Waals surface area contributed by atoms with Crippen LogP contribution in [0.5, 0.6) is 0 Å². The molecular weight excluding hydrogens is 701 g/mol. The molecule has 0 aliphatic heterocycles. The number of allylic oxidation sites excluding steroid dienone is 8. The van der Waals surface area contributed by atoms with E-state index in [1.807, 2.05) is 0 Å². The van der Waals surface area contributed by atoms with Gasteiger partial charge in [-0.1, -0.05) is 146 Å². The summed E-state index contributed by atoms with van der Waals surface area (Å²) in [5.41, 5.74) is 0. The first kappa shape index (κ1) is 52.0. The van der Waals surface area contributed by atoms with Gasteiger partial charge in [-0.2, -0.15) is 0 Å². The predicted octanol–water partition coefficient (Wildman–Crippen LogP) is 11.9. The van der Waals surface area contributed by atoms with Gasteiger partial charge in [0.15, 0.2) is 0 Å². The maximum Gasteiger partial charge on any atom is 0.472 e. The lowest BCUT2D eigenvalue weighted by atomic mass is 10.1. The molecule has 0 aromatic rings. The molecule has 0 aliphatic rings. The minimum absolute atomic E-state index is 0.0718. The number of carbonyl (C=O) groups excluding carboxylic acids is 2. The average molecular weight is 782 g/mol. The van der Waals surface area contributed by atoms with Crippen molar-refractivity contribution in [1.29, 1.82) is 0 Å². The van der Waals surface area contributed by atoms with Crippen molar-refractivity contribution in [1.82, 2.24) is 5.32 Å². The second kappa shape index (κ2) is 40.6. The standard InChI is InChI=1S/C44H80NO8P/c1-3-5-7-9-11-13-15-17-19-20-21-23-25-27-29-31-33-35-37-44(48)51-40-42(46)41-53-54(49,50)52-39-38-45-43(47)36-34-32-30-28-26-24-22-18-16-14-12-10-8-6-4-2/h12-15,18-20,22,42,46H,3-11,16-17,21,23-41H2,1-2H3,(H,45,47)(H,49,50)/b14-12-,15-13-,20-19-,22-18-. The lowest BCUT2D eigenvalue weighted by Gasteiger charge is -2.15. The van der Waals surface area contributed by atoms with Gasteiger partial charge in [0, 0.05) is 19.4 Å². The minimum atomic E-state index is -4.42. The number of rotatable bonds is 40. The maximum atomic E-state index is 12.1. The summed E-state index contributed by atoms with van der Waals surface area (Å²) in [6.07, 6.45) is 46.0. The van der Waals surface area contributed by atoms with Crippen LogP contribution in [0.1, 0.15) is 187 Å². The highest BCUT2D eigenvalue weighted by Crippen LogP contribution is 2.42. The first-order valence-corrected chi connectivity index (χ1v) is 23.1. The Kier molecular flexibility index (Phi) is 39.1. The van der Waals surface area contributed by atoms with E-state index in [1.165, 1.54) is 77.0 Å². The van der Waals surface area contributed by atoms with Gasteiger partial charge in [-0.3, -0.25) is 18.6 Å². The van der Waals surface area contributed by atoms with Crippen molar-refractivity contribution in [2.45, 2.75) is 193 Å². The molecule has 0 radical (unpaired) electrons. The highest BCUT2D eigenvalue weighted by molar-refractivity contribution is 7.47. The summed E-state index contributed by atoms with van der Waals surface area (Å²) in [5, 5.41) is 12.7. The molecule has 0 heterocycles. The lowest BCUT2D eigenvalue weighted by molar-refractivity contribution is -0.147. The summed E-state index contributed by atoms with van der Waals surface area (Å²) in [7, 11) is -4.42. The van der Waals surface area contributed by atoms with Crippen LogP contribution in [0.2, 0.25) is 0 Å². The first-order chi connectivity index (χ1) is 26.3. The van der Waals surface area contributed by atoms with Crippen LogP contribution in [0.3, 0.4) is 0 Å². The number of esters is 1. The molecule has 314 valence electrons. The van der Waals surface area contributed by atoms with E-state index in [-0.39, 0.29) is 32.1 Å². The Morgan fingerprint density at radius 3 is 1.52 bits per heavy atom. The van der Waals surface area contributed by atoms with E-state index in [9.17, 15) is 24.2 Å². The summed E-state index contributed by atoms with van der Waals surface area (Å²) in [5.74, 6) is -0.539. The van der Waals surface area contributed by atoms with E-state index >= 15 is 0 Å². The first-order valence-electron chi connectivity index (χ1n) is 21.6. The van der Waals surface area contributed by atoms with E-state index in [1.54, 1.807) is 0 Å². The maximum absolute atomic E-state index is 12.1. The summed E-state index contributed by atoms with van der Waals surface area (Å²) in [6, 6.07) is 0. The van der Waals surface area contributed by atoms with Crippen LogP contribution in [0.4, 0.5) is 0 Å². The van der Waals surface area contributed by atoms with Crippen LogP contribution < -0.4 is 5.32 Å². The zero-order valence-electron chi connectivity index (χ0n) is 34.4. The molecule has 0 bridgehead atoms. The molecule has 0 aromatic carbocycles. The predicted molar refractivity (Wildman–Crippen MR) is 224 cm³/mol. The number of aliphatic hydroxyl groups is 1. The number of ether oxygens (including phenoxy) is 1. The van der Waals surface area contributed by atoms with E-state index in [2.05, 4.69) is 67.8 Å². The molecular formula is C44H80NO8P. The van der Waals surface area contributed by atoms with Crippen molar-refractivity contribution in [2.24, 2.45) is 0 Å². The number of unbranched alkanes of at least 4 members (excludes halogenated alkanes) is 19. The van der Waals surface area contributed by atoms with E-state index in [0.717, 1.165) is 83.5 Å². The number of hydrogen-bond donors (Lipinski definition) is 3. The topological polar surface area (TPSA) is 131 Å². The van der Waals surface area contributed by atoms with Crippen LogP contribution in [-0.4, -0.2) is 54.3 Å². The Hall–Kier alpha value is -2.03. The fraction of sp³-hybridized carbons (Fsp3) is 0.773. The Bertz CT molecular complexity index is 1030. The highest BCUT2D eigenvalue weighted by Gasteiger charge is 2.23. The molecule has 54 heavy (non-hydrogen) atoms. The van der Waals surface area contributed by atoms with Crippen LogP contribution in [-0.2, 0) is 27.9 Å². The Morgan fingerprint density at radius 1 is 0.574 bits per heavy atom. The molecule has 0 saturated carbocycles. The molecule has 9 nitrogen and oxygen atoms in total. The number of hydrogen-bond acceptors (Lipinski definition) is 7. The third-order valence-corrected chi connectivity index (χ3v) is 9.97. The quantitative estimate of drug-likeness (QED) is 0.0242. The third-order valence-electron chi connectivity index (χ3n) is 8.98. The largest absolute Gasteiger partial charge is 0.472 e. The zero-order chi connectivity index (χ0) is 39.6. The van der Waals surface area contributed by atoms with Gasteiger partial charge in [0.05, 0.1) is 13.2 Å². The van der Waals surface area contributed by atoms with Gasteiger partial charge in [0.2, 0.25) is 5.91 Å². The van der Waals surface area contributed by atoms with Crippen LogP contribution in [0.25, 0.3) is 0 Å². The van der Waals surface area contributed by atoms with E-state index in [0.29, 0.717) is 6.42 Å². The molecule has 0 rings (SSSR count). The fourth-order valence-electron chi connectivity index (χ4n) is 5.67. The van der Waals surface area contributed by atoms with Gasteiger partial charge in [0.25, 0.3) is 0 Å². The molecule has 2 unspecified atom stereocenters. The third kappa shape index (κ3) is 41.1. The number of phosphoric acid groups is 1. The van der Waals surface area contributed by atoms with Gasteiger partial charge >= 0.3 is 13.8 Å². The van der Waals surface area contributed by atoms with Crippen molar-refractivity contribution in [3.8, 4) is 0 Å². The molecule has 2 atom stereocenters. The Labute approximate surface area is 330 Å². The second-order valence-corrected chi connectivity index (χ2v) is 15.8. The fourth-order valence-corrected chi connectivity index (χ4v) is 6.43. The van der Waals surface area contributed by atoms with Gasteiger partial charge in [-0.05, 0) is 77.0 Å². The number of aliphatic hydroxyl groups excluding tert-OH is 1. The van der Waals surface area contributed by atoms with Crippen molar-refractivity contribution >= 4 is 19.7 Å². The van der Waals surface area contributed by atoms with Gasteiger partial charge < -0.3 is 20.1 Å². The number of carbonyl (C=O) groups is 2. The summed E-state index contributed by atoms with van der Waals surface area (Å²) >= 11 is 0. The number of nitrogens with one attached hydrogen (secondary N) is 1. The van der Waals surface area contributed by atoms with Crippen molar-refractivity contribution in [3.63, 3.8) is 0 Å². The van der Waals surface area contributed by atoms with Crippen LogP contribution >= 0.6 is 7.82 Å². The second-order valence-electron chi connectivity index (χ2n) is 14.3. The molecule has 0 aliphatic carbocycles. The van der Waals surface area contributed by atoms with E-state index in [4.69, 9.17) is 13.8 Å². The molecule has 0 aromatic heterocycles. The minimum Gasteiger partial charge on any atom is -0.463 e. The van der Waals surface area contributed by atoms with Crippen LogP contribution in [0, 0.1) is 0 Å². The summed E-state index contributed by atoms with van der Waals surface area (Å²) < 4.78 is 26.9. The van der Waals surface area contributed by atoms with Crippen molar-refractivity contribution < 1.29 is 37.9 Å². The zero-order valence-corrected chi connectivity index (χ0v) is 35.3. The van der Waals surface area contributed by atoms with Crippen molar-refractivity contribution in [3.05, 3.63) is 48.6 Å². The Morgan fingerprint density at radius 2 is 1.00 bits per heavy atom. The molecule has 0 fully saturated rings. The SMILES string of the molecule is CCCCC/C=C\C/C=C\CCCCCCCC(=O)NCCOP(=O)(O)OCC(O)COC(=O)CCCCCCCCC/C=C\C/C=C\CCCCCC. The molecule has 3 N–H and O–H groups in total. The van der Waals surface area contributed by atoms with Gasteiger partial charge in [-0.25, -0.2) is 4.57 Å². The average Bonchev–Trinajstić information content (AvgIpc) is 3.16. The normalized spacial score (nSPS) is 13.8. The van der Waals surface area contributed by atoms with Crippen molar-refractivity contribution in [2.75, 3.05) is 26.4 Å². The van der Waals surface area contributed by atoms with Gasteiger partial charge in [-0.15, -0.1) is 0 Å². The Balaban J connectivity index is 3.64. The number of amides is 1. The van der Waals surface area contributed by atoms with Crippen LogP contribution in [0.15, 0.2) is 48.6 Å². The number of phosphoric ester groups is 1. The molecule has 0 spiro atoms. The van der Waals surface area contributed by atoms with E-state index < -0.39 is 26.5 Å². The molecule has 1 amide bonds. The summed E-state index contributed by atoms with van der Waals surface area (Å²) in [4.78, 5) is 33.9. The molecule has 10 heteroatoms. The smallest absolute Gasteiger partial charge is 0.463 e.